The number of carbonyl (C=O) groups excluding carboxylic acids is 2. The monoisotopic (exact) mass is 360 g/mol. The molecule has 0 atom stereocenters. The van der Waals surface area contributed by atoms with E-state index in [0.29, 0.717) is 11.4 Å². The van der Waals surface area contributed by atoms with Crippen molar-refractivity contribution in [3.8, 4) is 5.75 Å². The molecule has 2 amide bonds. The Kier molecular flexibility index (Phi) is 5.94. The summed E-state index contributed by atoms with van der Waals surface area (Å²) < 4.78 is 6.50. The fourth-order valence-corrected chi connectivity index (χ4v) is 1.89. The number of para-hydroxylation sites is 1. The van der Waals surface area contributed by atoms with Gasteiger partial charge in [-0.1, -0.05) is 18.2 Å². The highest BCUT2D eigenvalue weighted by Gasteiger charge is 2.30. The Balaban J connectivity index is 1.77. The Bertz CT molecular complexity index is 785. The molecule has 0 bridgehead atoms. The SMILES string of the molecule is CC(C)(C(=O)O)n1cc(NC(=O)CNC(=O)COc2ccccc2)cn1. The highest BCUT2D eigenvalue weighted by Crippen LogP contribution is 2.17. The summed E-state index contributed by atoms with van der Waals surface area (Å²) in [4.78, 5) is 34.7. The van der Waals surface area contributed by atoms with Crippen LogP contribution in [0.1, 0.15) is 13.8 Å². The maximum atomic E-state index is 11.9. The first-order chi connectivity index (χ1) is 12.3. The van der Waals surface area contributed by atoms with Crippen molar-refractivity contribution in [2.24, 2.45) is 0 Å². The molecule has 2 rings (SSSR count). The zero-order chi connectivity index (χ0) is 19.2. The molecule has 0 saturated heterocycles. The Morgan fingerprint density at radius 2 is 1.88 bits per heavy atom. The summed E-state index contributed by atoms with van der Waals surface area (Å²) in [6, 6.07) is 8.84. The summed E-state index contributed by atoms with van der Waals surface area (Å²) in [6.45, 7) is 2.52. The maximum Gasteiger partial charge on any atom is 0.331 e. The number of hydrogen-bond acceptors (Lipinski definition) is 5. The molecule has 0 aliphatic rings. The molecule has 1 aromatic heterocycles. The molecule has 3 N–H and O–H groups in total. The number of ether oxygens (including phenoxy) is 1. The summed E-state index contributed by atoms with van der Waals surface area (Å²) >= 11 is 0. The number of carbonyl (C=O) groups is 3. The van der Waals surface area contributed by atoms with Crippen LogP contribution in [0.2, 0.25) is 0 Å². The molecular formula is C17H20N4O5. The number of benzene rings is 1. The molecule has 0 radical (unpaired) electrons. The number of aliphatic carboxylic acids is 1. The Hall–Kier alpha value is -3.36. The number of nitrogens with zero attached hydrogens (tertiary/aromatic N) is 2. The van der Waals surface area contributed by atoms with E-state index in [1.807, 2.05) is 6.07 Å². The lowest BCUT2D eigenvalue weighted by molar-refractivity contribution is -0.146. The molecule has 0 aliphatic heterocycles. The number of anilines is 1. The second kappa shape index (κ2) is 8.15. The topological polar surface area (TPSA) is 123 Å². The van der Waals surface area contributed by atoms with Gasteiger partial charge in [0.1, 0.15) is 5.75 Å². The molecule has 0 aliphatic carbocycles. The van der Waals surface area contributed by atoms with Crippen LogP contribution in [-0.2, 0) is 19.9 Å². The van der Waals surface area contributed by atoms with Gasteiger partial charge in [-0.25, -0.2) is 4.79 Å². The highest BCUT2D eigenvalue weighted by atomic mass is 16.5. The van der Waals surface area contributed by atoms with Crippen LogP contribution in [0.25, 0.3) is 0 Å². The van der Waals surface area contributed by atoms with Gasteiger partial charge in [-0.05, 0) is 26.0 Å². The van der Waals surface area contributed by atoms with Gasteiger partial charge in [-0.15, -0.1) is 0 Å². The molecule has 0 spiro atoms. The van der Waals surface area contributed by atoms with Crippen LogP contribution in [0.4, 0.5) is 5.69 Å². The van der Waals surface area contributed by atoms with E-state index in [0.717, 1.165) is 0 Å². The lowest BCUT2D eigenvalue weighted by Crippen LogP contribution is -2.36. The van der Waals surface area contributed by atoms with Crippen molar-refractivity contribution < 1.29 is 24.2 Å². The maximum absolute atomic E-state index is 11.9. The van der Waals surface area contributed by atoms with Gasteiger partial charge in [0.05, 0.1) is 18.4 Å². The van der Waals surface area contributed by atoms with E-state index in [2.05, 4.69) is 15.7 Å². The smallest absolute Gasteiger partial charge is 0.331 e. The predicted molar refractivity (Wildman–Crippen MR) is 92.8 cm³/mol. The van der Waals surface area contributed by atoms with Gasteiger partial charge in [0.25, 0.3) is 5.91 Å². The molecule has 1 aromatic carbocycles. The molecule has 2 aromatic rings. The third-order valence-electron chi connectivity index (χ3n) is 3.52. The van der Waals surface area contributed by atoms with E-state index >= 15 is 0 Å². The fourth-order valence-electron chi connectivity index (χ4n) is 1.89. The number of carboxylic acid groups (broad SMARTS) is 1. The van der Waals surface area contributed by atoms with Gasteiger partial charge in [-0.3, -0.25) is 14.3 Å². The summed E-state index contributed by atoms with van der Waals surface area (Å²) in [5.74, 6) is -1.40. The number of amides is 2. The van der Waals surface area contributed by atoms with Gasteiger partial charge >= 0.3 is 5.97 Å². The zero-order valence-electron chi connectivity index (χ0n) is 14.4. The van der Waals surface area contributed by atoms with E-state index in [-0.39, 0.29) is 13.2 Å². The number of nitrogens with one attached hydrogen (secondary N) is 2. The molecule has 0 fully saturated rings. The minimum absolute atomic E-state index is 0.206. The van der Waals surface area contributed by atoms with E-state index in [9.17, 15) is 14.4 Å². The molecule has 26 heavy (non-hydrogen) atoms. The van der Waals surface area contributed by atoms with Crippen LogP contribution in [0.5, 0.6) is 5.75 Å². The van der Waals surface area contributed by atoms with E-state index in [4.69, 9.17) is 9.84 Å². The van der Waals surface area contributed by atoms with Crippen molar-refractivity contribution in [1.29, 1.82) is 0 Å². The Morgan fingerprint density at radius 3 is 2.54 bits per heavy atom. The van der Waals surface area contributed by atoms with E-state index < -0.39 is 23.3 Å². The quantitative estimate of drug-likeness (QED) is 0.641. The molecule has 9 nitrogen and oxygen atoms in total. The molecule has 9 heteroatoms. The number of rotatable bonds is 8. The van der Waals surface area contributed by atoms with Crippen molar-refractivity contribution in [1.82, 2.24) is 15.1 Å². The van der Waals surface area contributed by atoms with Gasteiger partial charge in [0.15, 0.2) is 12.1 Å². The Morgan fingerprint density at radius 1 is 1.19 bits per heavy atom. The van der Waals surface area contributed by atoms with Gasteiger partial charge < -0.3 is 20.5 Å². The molecular weight excluding hydrogens is 340 g/mol. The second-order valence-corrected chi connectivity index (χ2v) is 5.96. The first kappa shape index (κ1) is 19.0. The molecule has 1 heterocycles. The van der Waals surface area contributed by atoms with Gasteiger partial charge in [0.2, 0.25) is 5.91 Å². The number of hydrogen-bond donors (Lipinski definition) is 3. The van der Waals surface area contributed by atoms with E-state index in [1.165, 1.54) is 30.9 Å². The minimum atomic E-state index is -1.24. The van der Waals surface area contributed by atoms with Gasteiger partial charge in [0, 0.05) is 6.20 Å². The summed E-state index contributed by atoms with van der Waals surface area (Å²) in [5.41, 5.74) is -0.912. The number of carboxylic acids is 1. The lowest BCUT2D eigenvalue weighted by atomic mass is 10.1. The van der Waals surface area contributed by atoms with Crippen molar-refractivity contribution in [3.63, 3.8) is 0 Å². The average molecular weight is 360 g/mol. The van der Waals surface area contributed by atoms with Crippen LogP contribution < -0.4 is 15.4 Å². The van der Waals surface area contributed by atoms with Crippen LogP contribution in [0.15, 0.2) is 42.7 Å². The van der Waals surface area contributed by atoms with Crippen LogP contribution in [-0.4, -0.2) is 45.8 Å². The first-order valence-electron chi connectivity index (χ1n) is 7.82. The summed E-state index contributed by atoms with van der Waals surface area (Å²) in [6.07, 6.45) is 2.75. The molecule has 0 saturated carbocycles. The standard InChI is InChI=1S/C17H20N4O5/c1-17(2,16(24)25)21-10-12(8-19-21)20-14(22)9-18-15(23)11-26-13-6-4-3-5-7-13/h3-8,10H,9,11H2,1-2H3,(H,18,23)(H,20,22)(H,24,25). The Labute approximate surface area is 150 Å². The van der Waals surface area contributed by atoms with Crippen LogP contribution in [0.3, 0.4) is 0 Å². The third kappa shape index (κ3) is 5.07. The third-order valence-corrected chi connectivity index (χ3v) is 3.52. The summed E-state index contributed by atoms with van der Waals surface area (Å²) in [7, 11) is 0. The average Bonchev–Trinajstić information content (AvgIpc) is 3.08. The molecule has 0 unspecified atom stereocenters. The number of aromatic nitrogens is 2. The van der Waals surface area contributed by atoms with Crippen molar-refractivity contribution >= 4 is 23.5 Å². The first-order valence-corrected chi connectivity index (χ1v) is 7.82. The molecule has 138 valence electrons. The van der Waals surface area contributed by atoms with E-state index in [1.54, 1.807) is 24.3 Å². The zero-order valence-corrected chi connectivity index (χ0v) is 14.4. The van der Waals surface area contributed by atoms with Crippen molar-refractivity contribution in [3.05, 3.63) is 42.7 Å². The normalized spacial score (nSPS) is 10.8. The van der Waals surface area contributed by atoms with Crippen molar-refractivity contribution in [2.75, 3.05) is 18.5 Å². The lowest BCUT2D eigenvalue weighted by Gasteiger charge is -2.19. The van der Waals surface area contributed by atoms with Gasteiger partial charge in [-0.2, -0.15) is 5.10 Å². The predicted octanol–water partition coefficient (Wildman–Crippen LogP) is 0.836. The second-order valence-electron chi connectivity index (χ2n) is 5.96. The minimum Gasteiger partial charge on any atom is -0.484 e. The largest absolute Gasteiger partial charge is 0.484 e. The summed E-state index contributed by atoms with van der Waals surface area (Å²) in [5, 5.41) is 18.1. The van der Waals surface area contributed by atoms with Crippen LogP contribution >= 0.6 is 0 Å². The fraction of sp³-hybridized carbons (Fsp3) is 0.294. The highest BCUT2D eigenvalue weighted by molar-refractivity contribution is 5.94. The van der Waals surface area contributed by atoms with Crippen molar-refractivity contribution in [2.45, 2.75) is 19.4 Å². The van der Waals surface area contributed by atoms with Crippen LogP contribution in [0, 0.1) is 0 Å².